The van der Waals surface area contributed by atoms with Gasteiger partial charge in [0.15, 0.2) is 11.9 Å². The zero-order valence-corrected chi connectivity index (χ0v) is 12.1. The highest BCUT2D eigenvalue weighted by molar-refractivity contribution is 9.11. The van der Waals surface area contributed by atoms with E-state index in [0.29, 0.717) is 6.54 Å². The van der Waals surface area contributed by atoms with Gasteiger partial charge in [0.25, 0.3) is 0 Å². The molecule has 2 nitrogen and oxygen atoms in total. The van der Waals surface area contributed by atoms with Crippen molar-refractivity contribution < 1.29 is 9.36 Å². The molecule has 0 aliphatic carbocycles. The molecule has 0 N–H and O–H groups in total. The Morgan fingerprint density at radius 3 is 2.76 bits per heavy atom. The van der Waals surface area contributed by atoms with Crippen molar-refractivity contribution in [3.63, 3.8) is 0 Å². The Kier molecular flexibility index (Phi) is 3.74. The van der Waals surface area contributed by atoms with Gasteiger partial charge in [0, 0.05) is 18.6 Å². The van der Waals surface area contributed by atoms with Gasteiger partial charge in [-0.15, -0.1) is 11.3 Å². The number of nitrogens with zero attached hydrogens (tertiary/aromatic N) is 1. The Morgan fingerprint density at radius 2 is 2.12 bits per heavy atom. The number of pyridine rings is 1. The van der Waals surface area contributed by atoms with Crippen molar-refractivity contribution in [2.24, 2.45) is 0 Å². The van der Waals surface area contributed by atoms with Crippen molar-refractivity contribution >= 4 is 33.0 Å². The molecule has 0 spiro atoms. The molecular weight excluding hydrogens is 298 g/mol. The quantitative estimate of drug-likeness (QED) is 0.629. The van der Waals surface area contributed by atoms with Crippen LogP contribution in [0.3, 0.4) is 0 Å². The number of aryl methyl sites for hydroxylation is 1. The Hall–Kier alpha value is -1.000. The van der Waals surface area contributed by atoms with Crippen molar-refractivity contribution in [2.45, 2.75) is 20.4 Å². The number of hydrogen-bond acceptors (Lipinski definition) is 2. The lowest BCUT2D eigenvalue weighted by molar-refractivity contribution is -0.689. The number of carbonyl (C=O) groups is 1. The summed E-state index contributed by atoms with van der Waals surface area (Å²) in [6.07, 6.45) is 1.95. The fourth-order valence-corrected chi connectivity index (χ4v) is 2.93. The summed E-state index contributed by atoms with van der Waals surface area (Å²) in [5, 5.41) is 0. The van der Waals surface area contributed by atoms with Crippen molar-refractivity contribution in [1.82, 2.24) is 0 Å². The Bertz CT molecular complexity index is 562. The number of ketones is 1. The van der Waals surface area contributed by atoms with E-state index in [0.717, 1.165) is 14.4 Å². The fourth-order valence-electron chi connectivity index (χ4n) is 1.62. The van der Waals surface area contributed by atoms with Gasteiger partial charge in [-0.25, -0.2) is 0 Å². The molecule has 17 heavy (non-hydrogen) atoms. The monoisotopic (exact) mass is 310 g/mol. The third-order valence-electron chi connectivity index (χ3n) is 2.78. The first-order chi connectivity index (χ1) is 8.08. The fraction of sp³-hybridized carbons (Fsp3) is 0.231. The molecule has 0 aromatic carbocycles. The molecule has 0 radical (unpaired) electrons. The van der Waals surface area contributed by atoms with E-state index in [9.17, 15) is 4.79 Å². The Morgan fingerprint density at radius 1 is 1.35 bits per heavy atom. The summed E-state index contributed by atoms with van der Waals surface area (Å²) in [5.41, 5.74) is 2.34. The molecule has 0 bridgehead atoms. The molecular formula is C13H13BrNOS+. The van der Waals surface area contributed by atoms with Crippen LogP contribution in [0.4, 0.5) is 0 Å². The maximum atomic E-state index is 12.1. The molecule has 88 valence electrons. The lowest BCUT2D eigenvalue weighted by Crippen LogP contribution is -2.40. The minimum Gasteiger partial charge on any atom is -0.286 e. The van der Waals surface area contributed by atoms with Gasteiger partial charge in [-0.05, 0) is 41.1 Å². The SMILES string of the molecule is Cc1ccc[n+](CC(=O)c2ccc(Br)s2)c1C. The van der Waals surface area contributed by atoms with Gasteiger partial charge in [0.05, 0.1) is 8.66 Å². The van der Waals surface area contributed by atoms with E-state index in [1.807, 2.05) is 35.9 Å². The Labute approximate surface area is 113 Å². The first kappa shape index (κ1) is 12.5. The van der Waals surface area contributed by atoms with Crippen molar-refractivity contribution in [2.75, 3.05) is 0 Å². The number of hydrogen-bond donors (Lipinski definition) is 0. The van der Waals surface area contributed by atoms with E-state index in [4.69, 9.17) is 0 Å². The van der Waals surface area contributed by atoms with Crippen molar-refractivity contribution in [1.29, 1.82) is 0 Å². The average molecular weight is 311 g/mol. The lowest BCUT2D eigenvalue weighted by atomic mass is 10.2. The highest BCUT2D eigenvalue weighted by atomic mass is 79.9. The third-order valence-corrected chi connectivity index (χ3v) is 4.44. The van der Waals surface area contributed by atoms with Gasteiger partial charge in [0.2, 0.25) is 12.3 Å². The molecule has 2 aromatic heterocycles. The highest BCUT2D eigenvalue weighted by Crippen LogP contribution is 2.22. The summed E-state index contributed by atoms with van der Waals surface area (Å²) >= 11 is 4.85. The molecule has 2 rings (SSSR count). The van der Waals surface area contributed by atoms with Crippen LogP contribution in [-0.4, -0.2) is 5.78 Å². The van der Waals surface area contributed by atoms with Gasteiger partial charge in [-0.3, -0.25) is 4.79 Å². The molecule has 2 aromatic rings. The molecule has 0 saturated heterocycles. The normalized spacial score (nSPS) is 10.5. The van der Waals surface area contributed by atoms with Crippen molar-refractivity contribution in [3.05, 3.63) is 50.4 Å². The van der Waals surface area contributed by atoms with Gasteiger partial charge in [-0.2, -0.15) is 4.57 Å². The summed E-state index contributed by atoms with van der Waals surface area (Å²) in [6, 6.07) is 7.80. The lowest BCUT2D eigenvalue weighted by Gasteiger charge is -2.01. The van der Waals surface area contributed by atoms with E-state index < -0.39 is 0 Å². The second-order valence-electron chi connectivity index (χ2n) is 3.93. The smallest absolute Gasteiger partial charge is 0.237 e. The van der Waals surface area contributed by atoms with Crippen LogP contribution in [0, 0.1) is 13.8 Å². The predicted molar refractivity (Wildman–Crippen MR) is 72.5 cm³/mol. The average Bonchev–Trinajstić information content (AvgIpc) is 2.72. The van der Waals surface area contributed by atoms with E-state index in [1.165, 1.54) is 16.9 Å². The minimum atomic E-state index is 0.152. The largest absolute Gasteiger partial charge is 0.286 e. The zero-order chi connectivity index (χ0) is 12.4. The van der Waals surface area contributed by atoms with Gasteiger partial charge in [0.1, 0.15) is 0 Å². The number of aromatic nitrogens is 1. The summed E-state index contributed by atoms with van der Waals surface area (Å²) in [4.78, 5) is 12.9. The van der Waals surface area contributed by atoms with Gasteiger partial charge < -0.3 is 0 Å². The van der Waals surface area contributed by atoms with E-state index in [1.54, 1.807) is 0 Å². The molecule has 4 heteroatoms. The van der Waals surface area contributed by atoms with Crippen LogP contribution in [0.5, 0.6) is 0 Å². The van der Waals surface area contributed by atoms with Crippen LogP contribution in [0.25, 0.3) is 0 Å². The van der Waals surface area contributed by atoms with Crippen LogP contribution in [0.2, 0.25) is 0 Å². The summed E-state index contributed by atoms with van der Waals surface area (Å²) in [6.45, 7) is 4.49. The molecule has 0 aliphatic rings. The van der Waals surface area contributed by atoms with E-state index >= 15 is 0 Å². The molecule has 0 saturated carbocycles. The first-order valence-corrected chi connectivity index (χ1v) is 6.93. The number of rotatable bonds is 3. The van der Waals surface area contributed by atoms with E-state index in [-0.39, 0.29) is 5.78 Å². The van der Waals surface area contributed by atoms with Crippen LogP contribution >= 0.6 is 27.3 Å². The van der Waals surface area contributed by atoms with Gasteiger partial charge in [-0.1, -0.05) is 0 Å². The second-order valence-corrected chi connectivity index (χ2v) is 6.39. The molecule has 2 heterocycles. The standard InChI is InChI=1S/C13H13BrNOS/c1-9-4-3-7-15(10(9)2)8-11(16)12-5-6-13(14)17-12/h3-7H,8H2,1-2H3/q+1. The maximum Gasteiger partial charge on any atom is 0.237 e. The molecule has 0 aliphatic heterocycles. The topological polar surface area (TPSA) is 20.9 Å². The summed E-state index contributed by atoms with van der Waals surface area (Å²) in [5.74, 6) is 0.152. The number of Topliss-reactive ketones (excluding diaryl/α,β-unsaturated/α-hetero) is 1. The molecule has 0 amide bonds. The first-order valence-electron chi connectivity index (χ1n) is 5.32. The van der Waals surface area contributed by atoms with Crippen LogP contribution in [-0.2, 0) is 6.54 Å². The second kappa shape index (κ2) is 5.10. The number of thiophene rings is 1. The van der Waals surface area contributed by atoms with Crippen LogP contribution in [0.1, 0.15) is 20.9 Å². The third kappa shape index (κ3) is 2.82. The highest BCUT2D eigenvalue weighted by Gasteiger charge is 2.16. The number of carbonyl (C=O) groups excluding carboxylic acids is 1. The zero-order valence-electron chi connectivity index (χ0n) is 9.74. The minimum absolute atomic E-state index is 0.152. The predicted octanol–water partition coefficient (Wildman–Crippen LogP) is 3.30. The maximum absolute atomic E-state index is 12.1. The molecule has 0 atom stereocenters. The van der Waals surface area contributed by atoms with Crippen LogP contribution < -0.4 is 4.57 Å². The Balaban J connectivity index is 2.21. The van der Waals surface area contributed by atoms with Crippen LogP contribution in [0.15, 0.2) is 34.2 Å². The summed E-state index contributed by atoms with van der Waals surface area (Å²) < 4.78 is 2.98. The van der Waals surface area contributed by atoms with E-state index in [2.05, 4.69) is 28.9 Å². The molecule has 0 fully saturated rings. The summed E-state index contributed by atoms with van der Waals surface area (Å²) in [7, 11) is 0. The number of halogens is 1. The van der Waals surface area contributed by atoms with Gasteiger partial charge >= 0.3 is 0 Å². The van der Waals surface area contributed by atoms with Crippen molar-refractivity contribution in [3.8, 4) is 0 Å². The molecule has 0 unspecified atom stereocenters.